The van der Waals surface area contributed by atoms with Gasteiger partial charge in [-0.15, -0.1) is 0 Å². The van der Waals surface area contributed by atoms with Crippen molar-refractivity contribution in [2.75, 3.05) is 12.2 Å². The Hall–Kier alpha value is -2.96. The number of fused-ring (bicyclic) bond motifs is 2. The monoisotopic (exact) mass is 284 g/mol. The molecule has 2 aliphatic rings. The van der Waals surface area contributed by atoms with E-state index in [1.807, 2.05) is 18.2 Å². The molecule has 2 aliphatic heterocycles. The Balaban J connectivity index is 1.80. The minimum absolute atomic E-state index is 0.134. The highest BCUT2D eigenvalue weighted by Gasteiger charge is 2.17. The molecule has 7 heteroatoms. The van der Waals surface area contributed by atoms with Crippen LogP contribution < -0.4 is 25.9 Å². The molecule has 106 valence electrons. The first-order valence-corrected chi connectivity index (χ1v) is 6.45. The number of nitrogens with zero attached hydrogens (tertiary/aromatic N) is 2. The number of nitrogens with one attached hydrogen (secondary N) is 2. The zero-order valence-corrected chi connectivity index (χ0v) is 11.2. The number of aryl methyl sites for hydroxylation is 1. The standard InChI is InChI=1S/C14H12N4O3/c1-8-4-13(19)18-6-10(16-17-14(18)15-8)9-2-3-11-12(5-9)21-7-20-11/h2-6,16H,7H2,1H3,(H,15,17). The van der Waals surface area contributed by atoms with Crippen molar-refractivity contribution in [2.45, 2.75) is 6.92 Å². The fourth-order valence-corrected chi connectivity index (χ4v) is 2.31. The maximum Gasteiger partial charge on any atom is 0.259 e. The average Bonchev–Trinajstić information content (AvgIpc) is 2.94. The summed E-state index contributed by atoms with van der Waals surface area (Å²) in [6, 6.07) is 7.09. The molecule has 0 saturated heterocycles. The second kappa shape index (κ2) is 4.27. The Morgan fingerprint density at radius 1 is 1.19 bits per heavy atom. The molecule has 0 saturated carbocycles. The lowest BCUT2D eigenvalue weighted by molar-refractivity contribution is 0.174. The van der Waals surface area contributed by atoms with Gasteiger partial charge in [0, 0.05) is 23.5 Å². The molecule has 0 fully saturated rings. The molecular formula is C14H12N4O3. The van der Waals surface area contributed by atoms with Gasteiger partial charge in [-0.2, -0.15) is 0 Å². The van der Waals surface area contributed by atoms with Crippen LogP contribution in [0.4, 0.5) is 5.95 Å². The number of hydrogen-bond acceptors (Lipinski definition) is 6. The van der Waals surface area contributed by atoms with E-state index in [0.29, 0.717) is 17.4 Å². The van der Waals surface area contributed by atoms with Gasteiger partial charge in [-0.05, 0) is 25.1 Å². The molecule has 0 unspecified atom stereocenters. The fraction of sp³-hybridized carbons (Fsp3) is 0.143. The van der Waals surface area contributed by atoms with Crippen LogP contribution in [0.25, 0.3) is 11.9 Å². The van der Waals surface area contributed by atoms with Gasteiger partial charge in [0.15, 0.2) is 11.5 Å². The Morgan fingerprint density at radius 2 is 2.05 bits per heavy atom. The Labute approximate surface area is 119 Å². The second-order valence-electron chi connectivity index (χ2n) is 4.79. The summed E-state index contributed by atoms with van der Waals surface area (Å²) in [5, 5.41) is 0. The number of ether oxygens (including phenoxy) is 2. The quantitative estimate of drug-likeness (QED) is 0.818. The molecule has 3 heterocycles. The summed E-state index contributed by atoms with van der Waals surface area (Å²) in [7, 11) is 0. The summed E-state index contributed by atoms with van der Waals surface area (Å²) in [5.41, 5.74) is 8.11. The third-order valence-electron chi connectivity index (χ3n) is 3.33. The minimum Gasteiger partial charge on any atom is -0.454 e. The van der Waals surface area contributed by atoms with Crippen molar-refractivity contribution in [1.29, 1.82) is 0 Å². The van der Waals surface area contributed by atoms with Crippen molar-refractivity contribution >= 4 is 17.8 Å². The van der Waals surface area contributed by atoms with Crippen molar-refractivity contribution < 1.29 is 9.47 Å². The van der Waals surface area contributed by atoms with Crippen molar-refractivity contribution in [1.82, 2.24) is 15.0 Å². The molecule has 0 atom stereocenters. The number of benzene rings is 1. The Morgan fingerprint density at radius 3 is 2.95 bits per heavy atom. The third kappa shape index (κ3) is 1.90. The van der Waals surface area contributed by atoms with Crippen molar-refractivity contribution in [3.63, 3.8) is 0 Å². The average molecular weight is 284 g/mol. The highest BCUT2D eigenvalue weighted by molar-refractivity contribution is 5.78. The molecule has 2 aromatic rings. The van der Waals surface area contributed by atoms with E-state index in [4.69, 9.17) is 9.47 Å². The zero-order valence-electron chi connectivity index (χ0n) is 11.2. The number of rotatable bonds is 1. The lowest BCUT2D eigenvalue weighted by Crippen LogP contribution is -2.32. The van der Waals surface area contributed by atoms with Crippen LogP contribution in [0.2, 0.25) is 0 Å². The van der Waals surface area contributed by atoms with E-state index >= 15 is 0 Å². The van der Waals surface area contributed by atoms with Crippen LogP contribution in [0.5, 0.6) is 11.5 Å². The summed E-state index contributed by atoms with van der Waals surface area (Å²) in [6.07, 6.45) is 1.71. The summed E-state index contributed by atoms with van der Waals surface area (Å²) >= 11 is 0. The van der Waals surface area contributed by atoms with E-state index < -0.39 is 0 Å². The molecule has 2 N–H and O–H groups in total. The summed E-state index contributed by atoms with van der Waals surface area (Å²) in [4.78, 5) is 16.3. The topological polar surface area (TPSA) is 77.4 Å². The number of anilines is 1. The van der Waals surface area contributed by atoms with Crippen LogP contribution in [0.1, 0.15) is 11.3 Å². The molecule has 7 nitrogen and oxygen atoms in total. The molecule has 0 spiro atoms. The summed E-state index contributed by atoms with van der Waals surface area (Å²) in [6.45, 7) is 2.01. The van der Waals surface area contributed by atoms with Gasteiger partial charge in [0.25, 0.3) is 5.56 Å². The first kappa shape index (κ1) is 11.8. The second-order valence-corrected chi connectivity index (χ2v) is 4.79. The summed E-state index contributed by atoms with van der Waals surface area (Å²) in [5.74, 6) is 1.87. The third-order valence-corrected chi connectivity index (χ3v) is 3.33. The number of hydrogen-bond donors (Lipinski definition) is 2. The normalized spacial score (nSPS) is 14.8. The molecule has 0 amide bonds. The van der Waals surface area contributed by atoms with Gasteiger partial charge in [-0.1, -0.05) is 0 Å². The van der Waals surface area contributed by atoms with Crippen LogP contribution in [-0.2, 0) is 0 Å². The fourth-order valence-electron chi connectivity index (χ4n) is 2.31. The highest BCUT2D eigenvalue weighted by Crippen LogP contribution is 2.34. The predicted octanol–water partition coefficient (Wildman–Crippen LogP) is 1.17. The molecule has 0 bridgehead atoms. The SMILES string of the molecule is Cc1cc(=O)n2c(n1)NNC(c1ccc3c(c1)OCO3)=C2. The van der Waals surface area contributed by atoms with Gasteiger partial charge in [-0.25, -0.2) is 4.98 Å². The Bertz CT molecular complexity index is 825. The van der Waals surface area contributed by atoms with Crippen molar-refractivity contribution in [3.8, 4) is 11.5 Å². The maximum absolute atomic E-state index is 12.0. The zero-order chi connectivity index (χ0) is 14.4. The van der Waals surface area contributed by atoms with Gasteiger partial charge in [0.1, 0.15) is 0 Å². The molecular weight excluding hydrogens is 272 g/mol. The number of hydrazine groups is 1. The maximum atomic E-state index is 12.0. The van der Waals surface area contributed by atoms with Crippen LogP contribution in [0.3, 0.4) is 0 Å². The van der Waals surface area contributed by atoms with Gasteiger partial charge >= 0.3 is 0 Å². The van der Waals surface area contributed by atoms with E-state index in [-0.39, 0.29) is 12.4 Å². The van der Waals surface area contributed by atoms with E-state index in [2.05, 4.69) is 15.8 Å². The molecule has 1 aromatic heterocycles. The smallest absolute Gasteiger partial charge is 0.259 e. The van der Waals surface area contributed by atoms with Gasteiger partial charge < -0.3 is 9.47 Å². The lowest BCUT2D eigenvalue weighted by Gasteiger charge is -2.21. The van der Waals surface area contributed by atoms with Crippen LogP contribution in [-0.4, -0.2) is 16.3 Å². The Kier molecular flexibility index (Phi) is 2.41. The molecule has 0 radical (unpaired) electrons. The van der Waals surface area contributed by atoms with Crippen LogP contribution in [0.15, 0.2) is 29.1 Å². The largest absolute Gasteiger partial charge is 0.454 e. The van der Waals surface area contributed by atoms with Gasteiger partial charge in [0.2, 0.25) is 12.7 Å². The van der Waals surface area contributed by atoms with Gasteiger partial charge in [-0.3, -0.25) is 20.2 Å². The molecule has 1 aromatic carbocycles. The lowest BCUT2D eigenvalue weighted by atomic mass is 10.1. The molecule has 0 aliphatic carbocycles. The van der Waals surface area contributed by atoms with E-state index in [0.717, 1.165) is 17.0 Å². The molecule has 21 heavy (non-hydrogen) atoms. The van der Waals surface area contributed by atoms with E-state index in [9.17, 15) is 4.79 Å². The first-order valence-electron chi connectivity index (χ1n) is 6.45. The first-order chi connectivity index (χ1) is 10.2. The van der Waals surface area contributed by atoms with Crippen molar-refractivity contribution in [3.05, 3.63) is 45.9 Å². The van der Waals surface area contributed by atoms with Crippen LogP contribution in [0, 0.1) is 6.92 Å². The number of aromatic nitrogens is 2. The van der Waals surface area contributed by atoms with Crippen molar-refractivity contribution in [2.24, 2.45) is 0 Å². The molecule has 4 rings (SSSR count). The minimum atomic E-state index is -0.134. The summed E-state index contributed by atoms with van der Waals surface area (Å²) < 4.78 is 12.1. The van der Waals surface area contributed by atoms with E-state index in [1.165, 1.54) is 10.6 Å². The van der Waals surface area contributed by atoms with Crippen LogP contribution >= 0.6 is 0 Å². The van der Waals surface area contributed by atoms with Gasteiger partial charge in [0.05, 0.1) is 5.70 Å². The predicted molar refractivity (Wildman–Crippen MR) is 76.7 cm³/mol. The van der Waals surface area contributed by atoms with E-state index in [1.54, 1.807) is 13.1 Å². The highest BCUT2D eigenvalue weighted by atomic mass is 16.7.